The predicted molar refractivity (Wildman–Crippen MR) is 77.8 cm³/mol. The van der Waals surface area contributed by atoms with Crippen molar-refractivity contribution in [2.75, 3.05) is 14.2 Å². The van der Waals surface area contributed by atoms with Gasteiger partial charge in [0.1, 0.15) is 11.6 Å². The first kappa shape index (κ1) is 14.9. The van der Waals surface area contributed by atoms with Gasteiger partial charge in [-0.15, -0.1) is 5.10 Å². The molecule has 0 amide bonds. The minimum absolute atomic E-state index is 0.165. The number of rotatable bonds is 6. The minimum atomic E-state index is -0.282. The zero-order chi connectivity index (χ0) is 14.5. The monoisotopic (exact) mass is 295 g/mol. The standard InChI is InChI=1S/C14H18FN3OS/c1-4-5-11-14(20-18-17-11)13(16-2)10-8-9(15)6-7-12(10)19-3/h6-8,13,16H,4-5H2,1-3H3. The molecule has 0 radical (unpaired) electrons. The molecule has 6 heteroatoms. The Labute approximate surface area is 122 Å². The summed E-state index contributed by atoms with van der Waals surface area (Å²) in [7, 11) is 3.42. The first-order valence-corrected chi connectivity index (χ1v) is 7.30. The number of hydrogen-bond donors (Lipinski definition) is 1. The molecule has 108 valence electrons. The highest BCUT2D eigenvalue weighted by Crippen LogP contribution is 2.33. The van der Waals surface area contributed by atoms with E-state index in [-0.39, 0.29) is 11.9 Å². The highest BCUT2D eigenvalue weighted by atomic mass is 32.1. The lowest BCUT2D eigenvalue weighted by Gasteiger charge is -2.18. The van der Waals surface area contributed by atoms with E-state index in [1.54, 1.807) is 13.2 Å². The Bertz CT molecular complexity index is 573. The van der Waals surface area contributed by atoms with Gasteiger partial charge in [0, 0.05) is 5.56 Å². The Hall–Kier alpha value is -1.53. The first-order chi connectivity index (χ1) is 9.71. The topological polar surface area (TPSA) is 47.0 Å². The van der Waals surface area contributed by atoms with Crippen molar-refractivity contribution in [3.05, 3.63) is 40.2 Å². The number of hydrogen-bond acceptors (Lipinski definition) is 5. The van der Waals surface area contributed by atoms with Gasteiger partial charge in [0.15, 0.2) is 0 Å². The van der Waals surface area contributed by atoms with E-state index in [2.05, 4.69) is 21.8 Å². The van der Waals surface area contributed by atoms with Crippen LogP contribution < -0.4 is 10.1 Å². The van der Waals surface area contributed by atoms with Gasteiger partial charge in [-0.05, 0) is 43.2 Å². The van der Waals surface area contributed by atoms with Crippen LogP contribution in [-0.4, -0.2) is 23.7 Å². The van der Waals surface area contributed by atoms with E-state index in [1.807, 2.05) is 7.05 Å². The molecule has 20 heavy (non-hydrogen) atoms. The van der Waals surface area contributed by atoms with Crippen molar-refractivity contribution < 1.29 is 9.13 Å². The van der Waals surface area contributed by atoms with E-state index < -0.39 is 0 Å². The van der Waals surface area contributed by atoms with Crippen molar-refractivity contribution in [2.45, 2.75) is 25.8 Å². The zero-order valence-electron chi connectivity index (χ0n) is 11.8. The van der Waals surface area contributed by atoms with Gasteiger partial charge in [-0.25, -0.2) is 4.39 Å². The van der Waals surface area contributed by atoms with E-state index in [0.29, 0.717) is 5.75 Å². The van der Waals surface area contributed by atoms with Crippen molar-refractivity contribution in [3.63, 3.8) is 0 Å². The molecule has 1 unspecified atom stereocenters. The molecule has 0 saturated carbocycles. The van der Waals surface area contributed by atoms with Crippen molar-refractivity contribution in [1.29, 1.82) is 0 Å². The summed E-state index contributed by atoms with van der Waals surface area (Å²) in [5.74, 6) is 0.372. The van der Waals surface area contributed by atoms with Crippen LogP contribution in [0.3, 0.4) is 0 Å². The summed E-state index contributed by atoms with van der Waals surface area (Å²) in [6.45, 7) is 2.10. The molecule has 1 atom stereocenters. The number of ether oxygens (including phenoxy) is 1. The molecular formula is C14H18FN3OS. The van der Waals surface area contributed by atoms with Gasteiger partial charge in [0.25, 0.3) is 0 Å². The SMILES string of the molecule is CCCc1nnsc1C(NC)c1cc(F)ccc1OC. The van der Waals surface area contributed by atoms with Crippen LogP contribution in [0.4, 0.5) is 4.39 Å². The third kappa shape index (κ3) is 2.96. The summed E-state index contributed by atoms with van der Waals surface area (Å²) < 4.78 is 22.9. The lowest BCUT2D eigenvalue weighted by molar-refractivity contribution is 0.404. The summed E-state index contributed by atoms with van der Waals surface area (Å²) in [6.07, 6.45) is 1.86. The Kier molecular flexibility index (Phi) is 5.03. The maximum absolute atomic E-state index is 13.6. The van der Waals surface area contributed by atoms with Crippen LogP contribution in [-0.2, 0) is 6.42 Å². The van der Waals surface area contributed by atoms with Crippen LogP contribution in [0.25, 0.3) is 0 Å². The van der Waals surface area contributed by atoms with Crippen molar-refractivity contribution in [3.8, 4) is 5.75 Å². The van der Waals surface area contributed by atoms with Gasteiger partial charge in [-0.2, -0.15) is 0 Å². The van der Waals surface area contributed by atoms with Crippen molar-refractivity contribution in [1.82, 2.24) is 14.9 Å². The first-order valence-electron chi connectivity index (χ1n) is 6.53. The van der Waals surface area contributed by atoms with Crippen LogP contribution in [0.15, 0.2) is 18.2 Å². The minimum Gasteiger partial charge on any atom is -0.496 e. The fourth-order valence-electron chi connectivity index (χ4n) is 2.20. The smallest absolute Gasteiger partial charge is 0.124 e. The summed E-state index contributed by atoms with van der Waals surface area (Å²) in [4.78, 5) is 1.01. The average molecular weight is 295 g/mol. The van der Waals surface area contributed by atoms with E-state index in [9.17, 15) is 4.39 Å². The van der Waals surface area contributed by atoms with Gasteiger partial charge in [-0.1, -0.05) is 17.8 Å². The molecular weight excluding hydrogens is 277 g/mol. The van der Waals surface area contributed by atoms with Gasteiger partial charge in [0.2, 0.25) is 0 Å². The number of nitrogens with one attached hydrogen (secondary N) is 1. The molecule has 1 N–H and O–H groups in total. The Balaban J connectivity index is 2.46. The summed E-state index contributed by atoms with van der Waals surface area (Å²) in [6, 6.07) is 4.37. The van der Waals surface area contributed by atoms with Crippen molar-refractivity contribution >= 4 is 11.5 Å². The molecule has 1 heterocycles. The number of halogens is 1. The van der Waals surface area contributed by atoms with Gasteiger partial charge in [-0.3, -0.25) is 0 Å². The zero-order valence-corrected chi connectivity index (χ0v) is 12.6. The summed E-state index contributed by atoms with van der Waals surface area (Å²) in [5, 5.41) is 7.38. The van der Waals surface area contributed by atoms with Crippen molar-refractivity contribution in [2.24, 2.45) is 0 Å². The quantitative estimate of drug-likeness (QED) is 0.890. The third-order valence-corrected chi connectivity index (χ3v) is 3.96. The molecule has 1 aromatic carbocycles. The molecule has 0 aliphatic rings. The fourth-order valence-corrected chi connectivity index (χ4v) is 3.03. The van der Waals surface area contributed by atoms with E-state index >= 15 is 0 Å². The maximum Gasteiger partial charge on any atom is 0.124 e. The molecule has 0 saturated heterocycles. The number of aryl methyl sites for hydroxylation is 1. The van der Waals surface area contributed by atoms with Crippen LogP contribution >= 0.6 is 11.5 Å². The molecule has 0 spiro atoms. The Morgan fingerprint density at radius 1 is 1.45 bits per heavy atom. The average Bonchev–Trinajstić information content (AvgIpc) is 2.89. The highest BCUT2D eigenvalue weighted by molar-refractivity contribution is 7.05. The van der Waals surface area contributed by atoms with Gasteiger partial charge < -0.3 is 10.1 Å². The molecule has 4 nitrogen and oxygen atoms in total. The van der Waals surface area contributed by atoms with E-state index in [1.165, 1.54) is 23.7 Å². The van der Waals surface area contributed by atoms with Crippen LogP contribution in [0.2, 0.25) is 0 Å². The number of benzene rings is 1. The van der Waals surface area contributed by atoms with E-state index in [4.69, 9.17) is 4.74 Å². The molecule has 1 aromatic heterocycles. The Morgan fingerprint density at radius 3 is 2.90 bits per heavy atom. The maximum atomic E-state index is 13.6. The van der Waals surface area contributed by atoms with Crippen LogP contribution in [0.1, 0.15) is 35.5 Å². The number of nitrogens with zero attached hydrogens (tertiary/aromatic N) is 2. The van der Waals surface area contributed by atoms with Crippen LogP contribution in [0.5, 0.6) is 5.75 Å². The molecule has 2 aromatic rings. The second-order valence-electron chi connectivity index (χ2n) is 4.44. The molecule has 0 aliphatic heterocycles. The molecule has 2 rings (SSSR count). The predicted octanol–water partition coefficient (Wildman–Crippen LogP) is 2.95. The fraction of sp³-hybridized carbons (Fsp3) is 0.429. The second-order valence-corrected chi connectivity index (χ2v) is 5.23. The highest BCUT2D eigenvalue weighted by Gasteiger charge is 2.22. The number of methoxy groups -OCH3 is 1. The molecule has 0 aliphatic carbocycles. The Morgan fingerprint density at radius 2 is 2.25 bits per heavy atom. The summed E-state index contributed by atoms with van der Waals surface area (Å²) in [5.41, 5.74) is 1.72. The summed E-state index contributed by atoms with van der Waals surface area (Å²) >= 11 is 1.34. The largest absolute Gasteiger partial charge is 0.496 e. The normalized spacial score (nSPS) is 12.4. The lowest BCUT2D eigenvalue weighted by Crippen LogP contribution is -2.19. The van der Waals surface area contributed by atoms with Gasteiger partial charge in [0.05, 0.1) is 23.7 Å². The number of aromatic nitrogens is 2. The van der Waals surface area contributed by atoms with E-state index in [0.717, 1.165) is 29.0 Å². The van der Waals surface area contributed by atoms with Gasteiger partial charge >= 0.3 is 0 Å². The van der Waals surface area contributed by atoms with Crippen LogP contribution in [0, 0.1) is 5.82 Å². The molecule has 0 fully saturated rings. The lowest BCUT2D eigenvalue weighted by atomic mass is 10.0. The third-order valence-electron chi connectivity index (χ3n) is 3.13. The molecule has 0 bridgehead atoms. The second kappa shape index (κ2) is 6.76.